The summed E-state index contributed by atoms with van der Waals surface area (Å²) in [7, 11) is 0. The van der Waals surface area contributed by atoms with Gasteiger partial charge in [-0.15, -0.1) is 0 Å². The molecule has 1 atom stereocenters. The summed E-state index contributed by atoms with van der Waals surface area (Å²) in [5, 5.41) is 8.55. The second-order valence-corrected chi connectivity index (χ2v) is 2.00. The number of hydrogen-bond donors (Lipinski definition) is 1. The summed E-state index contributed by atoms with van der Waals surface area (Å²) in [6.45, 7) is 0.888. The topological polar surface area (TPSA) is 29.5 Å². The molecule has 1 aliphatic rings. The first-order valence-electron chi connectivity index (χ1n) is 2.97. The van der Waals surface area contributed by atoms with Crippen molar-refractivity contribution < 1.29 is 9.84 Å². The van der Waals surface area contributed by atoms with Crippen LogP contribution in [0.1, 0.15) is 12.8 Å². The molecule has 8 heavy (non-hydrogen) atoms. The standard InChI is InChI=1S/C6H11O2/c7-5-6-3-1-2-4-8-6/h2,6-7H,1,3-5H2. The highest BCUT2D eigenvalue weighted by Crippen LogP contribution is 2.10. The van der Waals surface area contributed by atoms with Gasteiger partial charge < -0.3 is 9.84 Å². The lowest BCUT2D eigenvalue weighted by Gasteiger charge is -2.19. The van der Waals surface area contributed by atoms with E-state index in [4.69, 9.17) is 9.84 Å². The Bertz CT molecular complexity index is 57.5. The molecule has 47 valence electrons. The van der Waals surface area contributed by atoms with E-state index in [0.29, 0.717) is 6.61 Å². The molecule has 0 amide bonds. The molecule has 1 heterocycles. The molecule has 1 N–H and O–H groups in total. The molecule has 1 aliphatic heterocycles. The molecule has 0 saturated carbocycles. The Morgan fingerprint density at radius 1 is 1.75 bits per heavy atom. The van der Waals surface area contributed by atoms with Crippen LogP contribution in [0.4, 0.5) is 0 Å². The first kappa shape index (κ1) is 6.05. The highest BCUT2D eigenvalue weighted by Gasteiger charge is 2.11. The minimum Gasteiger partial charge on any atom is -0.394 e. The third kappa shape index (κ3) is 1.46. The molecule has 0 spiro atoms. The van der Waals surface area contributed by atoms with E-state index in [1.807, 2.05) is 0 Å². The van der Waals surface area contributed by atoms with Crippen molar-refractivity contribution in [3.63, 3.8) is 0 Å². The average molecular weight is 115 g/mol. The molecule has 0 aromatic rings. The zero-order chi connectivity index (χ0) is 5.82. The maximum atomic E-state index is 8.55. The van der Waals surface area contributed by atoms with E-state index >= 15 is 0 Å². The maximum Gasteiger partial charge on any atom is 0.0806 e. The minimum atomic E-state index is 0.111. The lowest BCUT2D eigenvalue weighted by Crippen LogP contribution is -2.22. The number of rotatable bonds is 1. The van der Waals surface area contributed by atoms with E-state index in [2.05, 4.69) is 6.42 Å². The summed E-state index contributed by atoms with van der Waals surface area (Å²) in [5.41, 5.74) is 0. The molecule has 2 nitrogen and oxygen atoms in total. The second-order valence-electron chi connectivity index (χ2n) is 2.00. The Labute approximate surface area is 49.5 Å². The number of ether oxygens (including phenoxy) is 1. The highest BCUT2D eigenvalue weighted by atomic mass is 16.5. The highest BCUT2D eigenvalue weighted by molar-refractivity contribution is 4.73. The van der Waals surface area contributed by atoms with Crippen LogP contribution >= 0.6 is 0 Å². The summed E-state index contributed by atoms with van der Waals surface area (Å²) in [6.07, 6.45) is 4.27. The van der Waals surface area contributed by atoms with Gasteiger partial charge in [0.15, 0.2) is 0 Å². The molecule has 0 aliphatic carbocycles. The van der Waals surface area contributed by atoms with E-state index in [1.165, 1.54) is 0 Å². The van der Waals surface area contributed by atoms with Crippen molar-refractivity contribution in [3.8, 4) is 0 Å². The predicted molar refractivity (Wildman–Crippen MR) is 30.4 cm³/mol. The maximum absolute atomic E-state index is 8.55. The Morgan fingerprint density at radius 2 is 2.62 bits per heavy atom. The summed E-state index contributed by atoms with van der Waals surface area (Å²) in [4.78, 5) is 0. The number of hydrogen-bond acceptors (Lipinski definition) is 2. The molecule has 1 saturated heterocycles. The van der Waals surface area contributed by atoms with Gasteiger partial charge in [-0.3, -0.25) is 0 Å². The van der Waals surface area contributed by atoms with Crippen LogP contribution in [0.15, 0.2) is 0 Å². The van der Waals surface area contributed by atoms with Crippen molar-refractivity contribution in [1.82, 2.24) is 0 Å². The molecule has 1 radical (unpaired) electrons. The van der Waals surface area contributed by atoms with Crippen LogP contribution < -0.4 is 0 Å². The van der Waals surface area contributed by atoms with Gasteiger partial charge >= 0.3 is 0 Å². The van der Waals surface area contributed by atoms with Crippen molar-refractivity contribution >= 4 is 0 Å². The van der Waals surface area contributed by atoms with E-state index in [0.717, 1.165) is 12.8 Å². The first-order valence-corrected chi connectivity index (χ1v) is 2.97. The Kier molecular flexibility index (Phi) is 2.30. The van der Waals surface area contributed by atoms with E-state index in [-0.39, 0.29) is 12.7 Å². The third-order valence-corrected chi connectivity index (χ3v) is 1.35. The van der Waals surface area contributed by atoms with Gasteiger partial charge in [-0.2, -0.15) is 0 Å². The third-order valence-electron chi connectivity index (χ3n) is 1.35. The summed E-state index contributed by atoms with van der Waals surface area (Å²) in [5.74, 6) is 0. The molecule has 2 heteroatoms. The lowest BCUT2D eigenvalue weighted by molar-refractivity contribution is 0.00154. The smallest absolute Gasteiger partial charge is 0.0806 e. The van der Waals surface area contributed by atoms with Gasteiger partial charge in [-0.1, -0.05) is 0 Å². The van der Waals surface area contributed by atoms with E-state index < -0.39 is 0 Å². The minimum absolute atomic E-state index is 0.111. The zero-order valence-corrected chi connectivity index (χ0v) is 4.84. The van der Waals surface area contributed by atoms with E-state index in [9.17, 15) is 0 Å². The van der Waals surface area contributed by atoms with Crippen LogP contribution in [-0.4, -0.2) is 24.4 Å². The molecule has 0 bridgehead atoms. The van der Waals surface area contributed by atoms with Crippen LogP contribution in [-0.2, 0) is 4.74 Å². The zero-order valence-electron chi connectivity index (χ0n) is 4.84. The largest absolute Gasteiger partial charge is 0.394 e. The van der Waals surface area contributed by atoms with Crippen LogP contribution in [0.3, 0.4) is 0 Å². The van der Waals surface area contributed by atoms with E-state index in [1.54, 1.807) is 0 Å². The summed E-state index contributed by atoms with van der Waals surface area (Å²) < 4.78 is 5.12. The molecule has 0 aromatic carbocycles. The van der Waals surface area contributed by atoms with Crippen molar-refractivity contribution in [2.45, 2.75) is 18.9 Å². The number of aliphatic hydroxyl groups is 1. The van der Waals surface area contributed by atoms with Crippen molar-refractivity contribution in [2.75, 3.05) is 13.2 Å². The van der Waals surface area contributed by atoms with Gasteiger partial charge in [0.25, 0.3) is 0 Å². The Hall–Kier alpha value is -0.0800. The first-order chi connectivity index (χ1) is 3.93. The molecule has 1 rings (SSSR count). The second kappa shape index (κ2) is 3.05. The summed E-state index contributed by atoms with van der Waals surface area (Å²) in [6, 6.07) is 0. The van der Waals surface area contributed by atoms with Crippen molar-refractivity contribution in [1.29, 1.82) is 0 Å². The van der Waals surface area contributed by atoms with Crippen LogP contribution in [0, 0.1) is 6.42 Å². The van der Waals surface area contributed by atoms with Crippen LogP contribution in [0.5, 0.6) is 0 Å². The SMILES string of the molecule is OCC1CC[CH]CO1. The molecular formula is C6H11O2. The van der Waals surface area contributed by atoms with Gasteiger partial charge in [-0.25, -0.2) is 0 Å². The Balaban J connectivity index is 2.13. The van der Waals surface area contributed by atoms with Crippen molar-refractivity contribution in [3.05, 3.63) is 6.42 Å². The van der Waals surface area contributed by atoms with Gasteiger partial charge in [0.2, 0.25) is 0 Å². The average Bonchev–Trinajstić information content (AvgIpc) is 1.90. The molecule has 1 fully saturated rings. The monoisotopic (exact) mass is 115 g/mol. The van der Waals surface area contributed by atoms with Gasteiger partial charge in [-0.05, 0) is 19.3 Å². The van der Waals surface area contributed by atoms with Gasteiger partial charge in [0, 0.05) is 0 Å². The Morgan fingerprint density at radius 3 is 3.00 bits per heavy atom. The number of aliphatic hydroxyl groups excluding tert-OH is 1. The fourth-order valence-electron chi connectivity index (χ4n) is 0.819. The fraction of sp³-hybridized carbons (Fsp3) is 0.833. The summed E-state index contributed by atoms with van der Waals surface area (Å²) >= 11 is 0. The normalized spacial score (nSPS) is 30.4. The lowest BCUT2D eigenvalue weighted by atomic mass is 10.1. The molecule has 0 aromatic heterocycles. The predicted octanol–water partition coefficient (Wildman–Crippen LogP) is 0.362. The van der Waals surface area contributed by atoms with Gasteiger partial charge in [0.1, 0.15) is 0 Å². The fourth-order valence-corrected chi connectivity index (χ4v) is 0.819. The van der Waals surface area contributed by atoms with Gasteiger partial charge in [0.05, 0.1) is 19.3 Å². The molecular weight excluding hydrogens is 104 g/mol. The van der Waals surface area contributed by atoms with Crippen LogP contribution in [0.2, 0.25) is 0 Å². The van der Waals surface area contributed by atoms with Crippen molar-refractivity contribution in [2.24, 2.45) is 0 Å². The van der Waals surface area contributed by atoms with Crippen LogP contribution in [0.25, 0.3) is 0 Å². The quantitative estimate of drug-likeness (QED) is 0.534. The molecule has 1 unspecified atom stereocenters.